The molecule has 2 atom stereocenters. The Balaban J connectivity index is 1.96. The lowest BCUT2D eigenvalue weighted by Crippen LogP contribution is -2.55. The Morgan fingerprint density at radius 2 is 1.94 bits per heavy atom. The van der Waals surface area contributed by atoms with Crippen LogP contribution in [-0.4, -0.2) is 25.3 Å². The van der Waals surface area contributed by atoms with Crippen LogP contribution in [0.3, 0.4) is 0 Å². The second-order valence-corrected chi connectivity index (χ2v) is 6.57. The molecule has 0 aromatic heterocycles. The standard InChI is InChI=1S/C16H31NO/c1-4-13-7-9-14(10-8-13)15(17-3)16(2)11-5-6-12-18-16/h13-15,17H,4-12H2,1-3H3. The number of ether oxygens (including phenoxy) is 1. The molecule has 1 aliphatic carbocycles. The molecule has 0 spiro atoms. The summed E-state index contributed by atoms with van der Waals surface area (Å²) in [5.74, 6) is 1.81. The fourth-order valence-electron chi connectivity index (χ4n) is 4.17. The third kappa shape index (κ3) is 3.08. The molecule has 0 aromatic carbocycles. The normalized spacial score (nSPS) is 39.5. The van der Waals surface area contributed by atoms with Crippen molar-refractivity contribution < 1.29 is 4.74 Å². The lowest BCUT2D eigenvalue weighted by molar-refractivity contribution is -0.103. The van der Waals surface area contributed by atoms with Gasteiger partial charge in [0.2, 0.25) is 0 Å². The zero-order valence-electron chi connectivity index (χ0n) is 12.5. The van der Waals surface area contributed by atoms with Crippen LogP contribution in [0.25, 0.3) is 0 Å². The van der Waals surface area contributed by atoms with Crippen molar-refractivity contribution in [3.05, 3.63) is 0 Å². The molecule has 0 aromatic rings. The van der Waals surface area contributed by atoms with E-state index >= 15 is 0 Å². The van der Waals surface area contributed by atoms with Gasteiger partial charge in [-0.3, -0.25) is 0 Å². The van der Waals surface area contributed by atoms with Gasteiger partial charge in [0.25, 0.3) is 0 Å². The molecule has 1 aliphatic heterocycles. The SMILES string of the molecule is CCC1CCC(C(NC)C2(C)CCCCO2)CC1. The fourth-order valence-corrected chi connectivity index (χ4v) is 4.17. The van der Waals surface area contributed by atoms with Crippen molar-refractivity contribution in [2.24, 2.45) is 11.8 Å². The third-order valence-electron chi connectivity index (χ3n) is 5.41. The van der Waals surface area contributed by atoms with E-state index in [1.54, 1.807) is 0 Å². The predicted octanol–water partition coefficient (Wildman–Crippen LogP) is 3.75. The van der Waals surface area contributed by atoms with Gasteiger partial charge in [-0.05, 0) is 57.9 Å². The molecule has 1 N–H and O–H groups in total. The van der Waals surface area contributed by atoms with Crippen molar-refractivity contribution >= 4 is 0 Å². The topological polar surface area (TPSA) is 21.3 Å². The quantitative estimate of drug-likeness (QED) is 0.824. The molecule has 0 radical (unpaired) electrons. The molecule has 2 fully saturated rings. The Morgan fingerprint density at radius 3 is 2.44 bits per heavy atom. The van der Waals surface area contributed by atoms with Crippen LogP contribution < -0.4 is 5.32 Å². The first-order valence-electron chi connectivity index (χ1n) is 8.01. The van der Waals surface area contributed by atoms with Crippen LogP contribution >= 0.6 is 0 Å². The minimum absolute atomic E-state index is 0.0801. The largest absolute Gasteiger partial charge is 0.374 e. The van der Waals surface area contributed by atoms with Gasteiger partial charge in [-0.15, -0.1) is 0 Å². The molecule has 2 unspecified atom stereocenters. The van der Waals surface area contributed by atoms with E-state index < -0.39 is 0 Å². The summed E-state index contributed by atoms with van der Waals surface area (Å²) in [6.07, 6.45) is 10.8. The predicted molar refractivity (Wildman–Crippen MR) is 76.8 cm³/mol. The van der Waals surface area contributed by atoms with Crippen LogP contribution in [0, 0.1) is 11.8 Å². The average molecular weight is 253 g/mol. The third-order valence-corrected chi connectivity index (χ3v) is 5.41. The van der Waals surface area contributed by atoms with Gasteiger partial charge >= 0.3 is 0 Å². The van der Waals surface area contributed by atoms with Crippen molar-refractivity contribution in [1.29, 1.82) is 0 Å². The Kier molecular flexibility index (Phi) is 5.08. The smallest absolute Gasteiger partial charge is 0.0809 e. The highest BCUT2D eigenvalue weighted by atomic mass is 16.5. The maximum atomic E-state index is 6.16. The number of hydrogen-bond acceptors (Lipinski definition) is 2. The minimum Gasteiger partial charge on any atom is -0.374 e. The molecule has 0 amide bonds. The van der Waals surface area contributed by atoms with Crippen LogP contribution in [0.5, 0.6) is 0 Å². The highest BCUT2D eigenvalue weighted by molar-refractivity contribution is 4.96. The van der Waals surface area contributed by atoms with E-state index in [9.17, 15) is 0 Å². The summed E-state index contributed by atoms with van der Waals surface area (Å²) in [4.78, 5) is 0. The Morgan fingerprint density at radius 1 is 1.22 bits per heavy atom. The molecule has 106 valence electrons. The molecular weight excluding hydrogens is 222 g/mol. The van der Waals surface area contributed by atoms with Gasteiger partial charge in [-0.25, -0.2) is 0 Å². The molecule has 2 nitrogen and oxygen atoms in total. The second kappa shape index (κ2) is 6.38. The molecule has 2 heteroatoms. The number of hydrogen-bond donors (Lipinski definition) is 1. The van der Waals surface area contributed by atoms with Crippen LogP contribution in [0.4, 0.5) is 0 Å². The summed E-state index contributed by atoms with van der Waals surface area (Å²) in [5.41, 5.74) is 0.0801. The van der Waals surface area contributed by atoms with Crippen LogP contribution in [0.2, 0.25) is 0 Å². The molecule has 0 bridgehead atoms. The summed E-state index contributed by atoms with van der Waals surface area (Å²) in [6.45, 7) is 5.63. The van der Waals surface area contributed by atoms with Gasteiger partial charge in [-0.1, -0.05) is 26.2 Å². The lowest BCUT2D eigenvalue weighted by atomic mass is 9.72. The maximum Gasteiger partial charge on any atom is 0.0809 e. The number of likely N-dealkylation sites (N-methyl/N-ethyl adjacent to an activating group) is 1. The average Bonchev–Trinajstić information content (AvgIpc) is 2.41. The summed E-state index contributed by atoms with van der Waals surface area (Å²) in [6, 6.07) is 0.551. The van der Waals surface area contributed by atoms with Gasteiger partial charge in [0.15, 0.2) is 0 Å². The van der Waals surface area contributed by atoms with Gasteiger partial charge < -0.3 is 10.1 Å². The van der Waals surface area contributed by atoms with Crippen molar-refractivity contribution in [2.75, 3.05) is 13.7 Å². The van der Waals surface area contributed by atoms with Crippen LogP contribution in [0.15, 0.2) is 0 Å². The van der Waals surface area contributed by atoms with Gasteiger partial charge in [0.05, 0.1) is 5.60 Å². The van der Waals surface area contributed by atoms with Crippen LogP contribution in [-0.2, 0) is 4.74 Å². The molecule has 1 saturated heterocycles. The van der Waals surface area contributed by atoms with E-state index in [0.717, 1.165) is 18.4 Å². The summed E-state index contributed by atoms with van der Waals surface area (Å²) in [7, 11) is 2.12. The van der Waals surface area contributed by atoms with E-state index in [1.807, 2.05) is 0 Å². The molecule has 1 saturated carbocycles. The molecule has 2 rings (SSSR count). The number of rotatable bonds is 4. The molecule has 1 heterocycles. The number of nitrogens with one attached hydrogen (secondary N) is 1. The van der Waals surface area contributed by atoms with Crippen molar-refractivity contribution in [3.63, 3.8) is 0 Å². The monoisotopic (exact) mass is 253 g/mol. The summed E-state index contributed by atoms with van der Waals surface area (Å²) < 4.78 is 6.16. The Labute approximate surface area is 113 Å². The zero-order chi connectivity index (χ0) is 13.0. The van der Waals surface area contributed by atoms with Gasteiger partial charge in [-0.2, -0.15) is 0 Å². The first kappa shape index (κ1) is 14.3. The van der Waals surface area contributed by atoms with E-state index in [0.29, 0.717) is 6.04 Å². The fraction of sp³-hybridized carbons (Fsp3) is 1.00. The first-order chi connectivity index (χ1) is 8.69. The van der Waals surface area contributed by atoms with Crippen molar-refractivity contribution in [3.8, 4) is 0 Å². The highest BCUT2D eigenvalue weighted by Crippen LogP contribution is 2.39. The van der Waals surface area contributed by atoms with E-state index in [-0.39, 0.29) is 5.60 Å². The Bertz CT molecular complexity index is 239. The Hall–Kier alpha value is -0.0800. The van der Waals surface area contributed by atoms with Gasteiger partial charge in [0.1, 0.15) is 0 Å². The summed E-state index contributed by atoms with van der Waals surface area (Å²) >= 11 is 0. The maximum absolute atomic E-state index is 6.16. The first-order valence-corrected chi connectivity index (χ1v) is 8.01. The van der Waals surface area contributed by atoms with Crippen molar-refractivity contribution in [2.45, 2.75) is 76.9 Å². The van der Waals surface area contributed by atoms with E-state index in [4.69, 9.17) is 4.74 Å². The van der Waals surface area contributed by atoms with E-state index in [1.165, 1.54) is 51.4 Å². The molecule has 2 aliphatic rings. The summed E-state index contributed by atoms with van der Waals surface area (Å²) in [5, 5.41) is 3.59. The zero-order valence-corrected chi connectivity index (χ0v) is 12.5. The lowest BCUT2D eigenvalue weighted by Gasteiger charge is -2.46. The second-order valence-electron chi connectivity index (χ2n) is 6.57. The molecule has 18 heavy (non-hydrogen) atoms. The minimum atomic E-state index is 0.0801. The van der Waals surface area contributed by atoms with E-state index in [2.05, 4.69) is 26.2 Å². The van der Waals surface area contributed by atoms with Gasteiger partial charge in [0, 0.05) is 12.6 Å². The molecular formula is C16H31NO. The highest BCUT2D eigenvalue weighted by Gasteiger charge is 2.41. The van der Waals surface area contributed by atoms with Crippen molar-refractivity contribution in [1.82, 2.24) is 5.32 Å². The van der Waals surface area contributed by atoms with Crippen LogP contribution in [0.1, 0.15) is 65.2 Å².